The maximum atomic E-state index is 10.4. The molecule has 15 heavy (non-hydrogen) atoms. The quantitative estimate of drug-likeness (QED) is 0.333. The summed E-state index contributed by atoms with van der Waals surface area (Å²) in [4.78, 5) is 9.90. The highest BCUT2D eigenvalue weighted by molar-refractivity contribution is 5.87. The predicted octanol–water partition coefficient (Wildman–Crippen LogP) is 0.926. The van der Waals surface area contributed by atoms with E-state index in [4.69, 9.17) is 10.9 Å². The van der Waals surface area contributed by atoms with Crippen molar-refractivity contribution in [3.8, 4) is 0 Å². The Hall–Kier alpha value is -1.95. The number of nitrogens with zero attached hydrogens (tertiary/aromatic N) is 2. The summed E-state index contributed by atoms with van der Waals surface area (Å²) in [5, 5.41) is 21.9. The molecular formula is C9H11N3O3. The van der Waals surface area contributed by atoms with Gasteiger partial charge in [-0.1, -0.05) is 17.3 Å². The van der Waals surface area contributed by atoms with Crippen LogP contribution in [0.2, 0.25) is 0 Å². The fourth-order valence-electron chi connectivity index (χ4n) is 1.12. The van der Waals surface area contributed by atoms with Gasteiger partial charge in [-0.3, -0.25) is 10.1 Å². The van der Waals surface area contributed by atoms with E-state index in [1.807, 2.05) is 0 Å². The van der Waals surface area contributed by atoms with Crippen LogP contribution in [0.1, 0.15) is 5.56 Å². The second-order valence-electron chi connectivity index (χ2n) is 2.97. The zero-order chi connectivity index (χ0) is 11.3. The number of non-ortho nitro benzene ring substituents is 1. The largest absolute Gasteiger partial charge is 0.411 e. The molecule has 0 aromatic heterocycles. The summed E-state index contributed by atoms with van der Waals surface area (Å²) in [6.45, 7) is 0.160. The highest BCUT2D eigenvalue weighted by atomic mass is 16.6. The average Bonchev–Trinajstić information content (AvgIpc) is 2.26. The van der Waals surface area contributed by atoms with Gasteiger partial charge in [0.15, 0.2) is 0 Å². The van der Waals surface area contributed by atoms with E-state index >= 15 is 0 Å². The van der Waals surface area contributed by atoms with E-state index in [0.29, 0.717) is 12.1 Å². The van der Waals surface area contributed by atoms with Crippen molar-refractivity contribution in [2.24, 2.45) is 10.9 Å². The van der Waals surface area contributed by atoms with Crippen LogP contribution in [0.4, 0.5) is 5.69 Å². The molecule has 1 rings (SSSR count). The Balaban J connectivity index is 2.76. The third kappa shape index (κ3) is 3.03. The zero-order valence-corrected chi connectivity index (χ0v) is 7.96. The Bertz CT molecular complexity index is 373. The lowest BCUT2D eigenvalue weighted by atomic mass is 10.1. The third-order valence-corrected chi connectivity index (χ3v) is 1.93. The molecule has 6 heteroatoms. The molecule has 0 heterocycles. The molecule has 80 valence electrons. The molecule has 0 bridgehead atoms. The minimum absolute atomic E-state index is 0.0361. The molecule has 0 saturated carbocycles. The summed E-state index contributed by atoms with van der Waals surface area (Å²) in [5.74, 6) is 0. The van der Waals surface area contributed by atoms with Gasteiger partial charge >= 0.3 is 0 Å². The predicted molar refractivity (Wildman–Crippen MR) is 55.1 cm³/mol. The Morgan fingerprint density at radius 1 is 1.47 bits per heavy atom. The molecule has 0 spiro atoms. The molecule has 3 N–H and O–H groups in total. The Kier molecular flexibility index (Phi) is 3.75. The van der Waals surface area contributed by atoms with Gasteiger partial charge in [0.25, 0.3) is 5.69 Å². The third-order valence-electron chi connectivity index (χ3n) is 1.93. The van der Waals surface area contributed by atoms with Gasteiger partial charge in [-0.05, 0) is 5.56 Å². The number of nitro groups is 1. The number of hydrogen-bond donors (Lipinski definition) is 2. The van der Waals surface area contributed by atoms with E-state index in [2.05, 4.69) is 5.16 Å². The summed E-state index contributed by atoms with van der Waals surface area (Å²) in [6, 6.07) is 6.03. The number of nitro benzene ring substituents is 1. The topological polar surface area (TPSA) is 102 Å². The highest BCUT2D eigenvalue weighted by Gasteiger charge is 2.05. The van der Waals surface area contributed by atoms with Gasteiger partial charge < -0.3 is 10.9 Å². The van der Waals surface area contributed by atoms with Crippen LogP contribution in [0.15, 0.2) is 29.4 Å². The lowest BCUT2D eigenvalue weighted by molar-refractivity contribution is -0.384. The van der Waals surface area contributed by atoms with Crippen LogP contribution < -0.4 is 5.73 Å². The van der Waals surface area contributed by atoms with Crippen LogP contribution in [0.3, 0.4) is 0 Å². The molecule has 0 unspecified atom stereocenters. The summed E-state index contributed by atoms with van der Waals surface area (Å²) in [7, 11) is 0. The lowest BCUT2D eigenvalue weighted by Crippen LogP contribution is -2.16. The normalized spacial score (nSPS) is 11.4. The molecule has 0 amide bonds. The molecule has 0 atom stereocenters. The summed E-state index contributed by atoms with van der Waals surface area (Å²) in [6.07, 6.45) is 0.394. The van der Waals surface area contributed by atoms with Gasteiger partial charge in [-0.2, -0.15) is 0 Å². The zero-order valence-electron chi connectivity index (χ0n) is 7.96. The van der Waals surface area contributed by atoms with E-state index in [9.17, 15) is 10.1 Å². The molecule has 0 aliphatic carbocycles. The van der Waals surface area contributed by atoms with Crippen molar-refractivity contribution < 1.29 is 10.1 Å². The van der Waals surface area contributed by atoms with Crippen molar-refractivity contribution in [3.63, 3.8) is 0 Å². The molecule has 0 radical (unpaired) electrons. The maximum Gasteiger partial charge on any atom is 0.269 e. The van der Waals surface area contributed by atoms with Crippen LogP contribution in [-0.2, 0) is 6.42 Å². The van der Waals surface area contributed by atoms with Gasteiger partial charge in [0.1, 0.15) is 0 Å². The minimum atomic E-state index is -0.465. The number of hydrogen-bond acceptors (Lipinski definition) is 5. The lowest BCUT2D eigenvalue weighted by Gasteiger charge is -2.01. The summed E-state index contributed by atoms with van der Waals surface area (Å²) >= 11 is 0. The summed E-state index contributed by atoms with van der Waals surface area (Å²) < 4.78 is 0. The number of oxime groups is 1. The molecule has 0 aliphatic heterocycles. The standard InChI is InChI=1S/C9H11N3O3/c10-6-8(11-13)5-7-1-3-9(4-2-7)12(14)15/h1-4,13H,5-6,10H2/b11-8+. The van der Waals surface area contributed by atoms with E-state index in [-0.39, 0.29) is 12.2 Å². The van der Waals surface area contributed by atoms with Crippen molar-refractivity contribution in [2.45, 2.75) is 6.42 Å². The van der Waals surface area contributed by atoms with Crippen molar-refractivity contribution in [3.05, 3.63) is 39.9 Å². The van der Waals surface area contributed by atoms with Crippen LogP contribution in [0.5, 0.6) is 0 Å². The first kappa shape index (κ1) is 11.1. The average molecular weight is 209 g/mol. The smallest absolute Gasteiger partial charge is 0.269 e. The first-order valence-corrected chi connectivity index (χ1v) is 4.30. The Morgan fingerprint density at radius 3 is 2.47 bits per heavy atom. The molecule has 6 nitrogen and oxygen atoms in total. The number of nitrogens with two attached hydrogens (primary N) is 1. The van der Waals surface area contributed by atoms with Crippen LogP contribution in [0.25, 0.3) is 0 Å². The van der Waals surface area contributed by atoms with Crippen molar-refractivity contribution >= 4 is 11.4 Å². The fraction of sp³-hybridized carbons (Fsp3) is 0.222. The molecule has 1 aromatic rings. The first-order valence-electron chi connectivity index (χ1n) is 4.30. The maximum absolute atomic E-state index is 10.4. The monoisotopic (exact) mass is 209 g/mol. The van der Waals surface area contributed by atoms with Gasteiger partial charge in [-0.15, -0.1) is 0 Å². The van der Waals surface area contributed by atoms with E-state index < -0.39 is 4.92 Å². The van der Waals surface area contributed by atoms with Crippen molar-refractivity contribution in [1.29, 1.82) is 0 Å². The molecule has 1 aromatic carbocycles. The Morgan fingerprint density at radius 2 is 2.07 bits per heavy atom. The van der Waals surface area contributed by atoms with Crippen LogP contribution in [0, 0.1) is 10.1 Å². The SMILES string of the molecule is NC/C(Cc1ccc([N+](=O)[O-])cc1)=N/O. The van der Waals surface area contributed by atoms with Gasteiger partial charge in [-0.25, -0.2) is 0 Å². The van der Waals surface area contributed by atoms with E-state index in [1.54, 1.807) is 12.1 Å². The van der Waals surface area contributed by atoms with Crippen LogP contribution in [-0.4, -0.2) is 22.4 Å². The molecule has 0 fully saturated rings. The number of benzene rings is 1. The second-order valence-corrected chi connectivity index (χ2v) is 2.97. The summed E-state index contributed by atoms with van der Waals surface area (Å²) in [5.41, 5.74) is 6.60. The van der Waals surface area contributed by atoms with Gasteiger partial charge in [0, 0.05) is 25.1 Å². The second kappa shape index (κ2) is 5.06. The molecule has 0 aliphatic rings. The fourth-order valence-corrected chi connectivity index (χ4v) is 1.12. The van der Waals surface area contributed by atoms with Gasteiger partial charge in [0.2, 0.25) is 0 Å². The first-order chi connectivity index (χ1) is 7.17. The van der Waals surface area contributed by atoms with E-state index in [0.717, 1.165) is 5.56 Å². The number of rotatable bonds is 4. The minimum Gasteiger partial charge on any atom is -0.411 e. The van der Waals surface area contributed by atoms with E-state index in [1.165, 1.54) is 12.1 Å². The molecule has 0 saturated heterocycles. The Labute approximate surface area is 86.2 Å². The van der Waals surface area contributed by atoms with Gasteiger partial charge in [0.05, 0.1) is 10.6 Å². The molecular weight excluding hydrogens is 198 g/mol. The highest BCUT2D eigenvalue weighted by Crippen LogP contribution is 2.12. The van der Waals surface area contributed by atoms with Crippen LogP contribution >= 0.6 is 0 Å². The van der Waals surface area contributed by atoms with Crippen molar-refractivity contribution in [2.75, 3.05) is 6.54 Å². The van der Waals surface area contributed by atoms with Crippen molar-refractivity contribution in [1.82, 2.24) is 0 Å².